The summed E-state index contributed by atoms with van der Waals surface area (Å²) in [5.41, 5.74) is 3.47. The number of ether oxygens (including phenoxy) is 1. The van der Waals surface area contributed by atoms with Crippen LogP contribution in [0.3, 0.4) is 0 Å². The predicted octanol–water partition coefficient (Wildman–Crippen LogP) is 7.20. The van der Waals surface area contributed by atoms with Gasteiger partial charge in [0.25, 0.3) is 11.8 Å². The lowest BCUT2D eigenvalue weighted by Gasteiger charge is -2.31. The zero-order valence-corrected chi connectivity index (χ0v) is 30.4. The lowest BCUT2D eigenvalue weighted by molar-refractivity contribution is -0.150. The molecule has 11 heteroatoms. The molecule has 2 aliphatic heterocycles. The molecule has 2 heterocycles. The molecule has 1 atom stereocenters. The van der Waals surface area contributed by atoms with Crippen LogP contribution in [0.5, 0.6) is 0 Å². The molecule has 0 radical (unpaired) electrons. The van der Waals surface area contributed by atoms with E-state index >= 15 is 0 Å². The summed E-state index contributed by atoms with van der Waals surface area (Å²) < 4.78 is 6.07. The molecular formula is C39H41BrN4O6. The van der Waals surface area contributed by atoms with E-state index in [0.717, 1.165) is 58.5 Å². The summed E-state index contributed by atoms with van der Waals surface area (Å²) in [6, 6.07) is 16.6. The second kappa shape index (κ2) is 16.6. The Kier molecular flexibility index (Phi) is 12.6. The Morgan fingerprint density at radius 2 is 1.72 bits per heavy atom. The first-order valence-corrected chi connectivity index (χ1v) is 17.6. The van der Waals surface area contributed by atoms with Gasteiger partial charge in [0.2, 0.25) is 0 Å². The minimum absolute atomic E-state index is 0.0986. The molecule has 2 aromatic carbocycles. The molecule has 10 nitrogen and oxygen atoms in total. The predicted molar refractivity (Wildman–Crippen MR) is 192 cm³/mol. The summed E-state index contributed by atoms with van der Waals surface area (Å²) in [5, 5.41) is 28.5. The molecule has 0 saturated carbocycles. The molecule has 0 aliphatic carbocycles. The van der Waals surface area contributed by atoms with Crippen molar-refractivity contribution in [2.75, 3.05) is 24.6 Å². The molecule has 2 aromatic rings. The van der Waals surface area contributed by atoms with E-state index < -0.39 is 35.6 Å². The molecule has 2 aliphatic rings. The molecule has 4 rings (SSSR count). The number of benzene rings is 2. The van der Waals surface area contributed by atoms with Crippen molar-refractivity contribution in [3.63, 3.8) is 0 Å². The molecular weight excluding hydrogens is 700 g/mol. The average molecular weight is 742 g/mol. The van der Waals surface area contributed by atoms with Crippen molar-refractivity contribution < 1.29 is 29.0 Å². The normalized spacial score (nSPS) is 17.5. The number of amides is 2. The Hall–Kier alpha value is -5.00. The summed E-state index contributed by atoms with van der Waals surface area (Å²) in [5.74, 6) is -3.03. The van der Waals surface area contributed by atoms with Crippen molar-refractivity contribution in [1.29, 1.82) is 10.5 Å². The molecule has 260 valence electrons. The lowest BCUT2D eigenvalue weighted by Crippen LogP contribution is -2.44. The monoisotopic (exact) mass is 740 g/mol. The Balaban J connectivity index is 1.84. The standard InChI is InChI=1S/C39H41BrN4O6/c1-5-7-8-25(6-2)24-44-32-15-13-28(40)21-31(32)39(3,4)33(44)16-14-29-36(27-11-9-26(22-41)10-12-27)30(23-42)38(49)43(37(29)48)19-20-50-35(47)18-17-34(45)46/h9-16,21,25H,5-8,17-20,24H2,1-4H3,(H,45,46)/b29-14-,33-16+. The fourth-order valence-electron chi connectivity index (χ4n) is 6.41. The summed E-state index contributed by atoms with van der Waals surface area (Å²) in [4.78, 5) is 53.9. The van der Waals surface area contributed by atoms with E-state index in [9.17, 15) is 29.7 Å². The number of unbranched alkanes of at least 4 members (excludes halogenated alkanes) is 1. The number of halogens is 1. The van der Waals surface area contributed by atoms with Crippen LogP contribution in [-0.4, -0.2) is 53.5 Å². The van der Waals surface area contributed by atoms with E-state index in [4.69, 9.17) is 9.84 Å². The number of rotatable bonds is 14. The number of nitrogens with zero attached hydrogens (tertiary/aromatic N) is 4. The summed E-state index contributed by atoms with van der Waals surface area (Å²) >= 11 is 3.63. The highest BCUT2D eigenvalue weighted by Crippen LogP contribution is 2.49. The van der Waals surface area contributed by atoms with Gasteiger partial charge in [0, 0.05) is 39.0 Å². The van der Waals surface area contributed by atoms with Crippen molar-refractivity contribution in [2.24, 2.45) is 5.92 Å². The van der Waals surface area contributed by atoms with Gasteiger partial charge in [-0.05, 0) is 65.9 Å². The van der Waals surface area contributed by atoms with Gasteiger partial charge in [0.05, 0.1) is 31.0 Å². The van der Waals surface area contributed by atoms with Gasteiger partial charge in [-0.2, -0.15) is 10.5 Å². The number of carbonyl (C=O) groups excluding carboxylic acids is 3. The molecule has 0 spiro atoms. The van der Waals surface area contributed by atoms with E-state index in [1.54, 1.807) is 30.3 Å². The average Bonchev–Trinajstić information content (AvgIpc) is 3.30. The largest absolute Gasteiger partial charge is 0.481 e. The van der Waals surface area contributed by atoms with Crippen molar-refractivity contribution >= 4 is 50.9 Å². The van der Waals surface area contributed by atoms with E-state index in [1.807, 2.05) is 18.2 Å². The number of fused-ring (bicyclic) bond motifs is 1. The minimum Gasteiger partial charge on any atom is -0.481 e. The highest BCUT2D eigenvalue weighted by atomic mass is 79.9. The molecule has 2 amide bonds. The number of allylic oxidation sites excluding steroid dienone is 3. The topological polar surface area (TPSA) is 152 Å². The molecule has 1 N–H and O–H groups in total. The van der Waals surface area contributed by atoms with E-state index in [1.165, 1.54) is 0 Å². The van der Waals surface area contributed by atoms with Gasteiger partial charge in [-0.3, -0.25) is 24.1 Å². The van der Waals surface area contributed by atoms with Gasteiger partial charge in [-0.25, -0.2) is 0 Å². The zero-order valence-electron chi connectivity index (χ0n) is 28.8. The van der Waals surface area contributed by atoms with Crippen LogP contribution >= 0.6 is 15.9 Å². The van der Waals surface area contributed by atoms with Crippen LogP contribution in [0.4, 0.5) is 5.69 Å². The molecule has 1 unspecified atom stereocenters. The number of hydrogen-bond acceptors (Lipinski definition) is 8. The van der Waals surface area contributed by atoms with Crippen molar-refractivity contribution in [3.05, 3.63) is 92.6 Å². The van der Waals surface area contributed by atoms with Crippen LogP contribution < -0.4 is 4.90 Å². The Morgan fingerprint density at radius 3 is 2.34 bits per heavy atom. The number of hydrogen-bond donors (Lipinski definition) is 1. The fourth-order valence-corrected chi connectivity index (χ4v) is 6.77. The molecule has 0 fully saturated rings. The van der Waals surface area contributed by atoms with E-state index in [2.05, 4.69) is 66.7 Å². The highest BCUT2D eigenvalue weighted by molar-refractivity contribution is 9.10. The summed E-state index contributed by atoms with van der Waals surface area (Å²) in [7, 11) is 0. The number of nitriles is 2. The van der Waals surface area contributed by atoms with Crippen LogP contribution in [0.1, 0.15) is 82.9 Å². The second-order valence-electron chi connectivity index (χ2n) is 12.9. The van der Waals surface area contributed by atoms with E-state index in [0.29, 0.717) is 17.0 Å². The first kappa shape index (κ1) is 37.8. The number of aliphatic carboxylic acids is 1. The molecule has 0 aromatic heterocycles. The number of carboxylic acids is 1. The van der Waals surface area contributed by atoms with Gasteiger partial charge in [0.15, 0.2) is 0 Å². The summed E-state index contributed by atoms with van der Waals surface area (Å²) in [6.07, 6.45) is 7.09. The first-order chi connectivity index (χ1) is 23.9. The lowest BCUT2D eigenvalue weighted by atomic mass is 9.83. The van der Waals surface area contributed by atoms with Crippen molar-refractivity contribution in [2.45, 2.75) is 71.6 Å². The molecule has 0 saturated heterocycles. The quantitative estimate of drug-likeness (QED) is 0.120. The number of esters is 1. The number of carboxylic acid groups (broad SMARTS) is 1. The van der Waals surface area contributed by atoms with Crippen molar-refractivity contribution in [3.8, 4) is 12.1 Å². The number of carbonyl (C=O) groups is 4. The van der Waals surface area contributed by atoms with Gasteiger partial charge in [0.1, 0.15) is 18.2 Å². The minimum atomic E-state index is -1.16. The fraction of sp³-hybridized carbons (Fsp3) is 0.385. The van der Waals surface area contributed by atoms with Gasteiger partial charge in [-0.15, -0.1) is 0 Å². The third kappa shape index (κ3) is 8.23. The van der Waals surface area contributed by atoms with Crippen LogP contribution in [0.2, 0.25) is 0 Å². The first-order valence-electron chi connectivity index (χ1n) is 16.8. The van der Waals surface area contributed by atoms with Crippen LogP contribution in [0.25, 0.3) is 5.57 Å². The molecule has 50 heavy (non-hydrogen) atoms. The SMILES string of the molecule is CCCCC(CC)CN1/C(=C/C=C2\C(=O)N(CCOC(=O)CCC(=O)O)C(=O)C(C#N)=C2c2ccc(C#N)cc2)C(C)(C)c2cc(Br)ccc21. The van der Waals surface area contributed by atoms with Crippen molar-refractivity contribution in [1.82, 2.24) is 4.90 Å². The maximum absolute atomic E-state index is 14.2. The second-order valence-corrected chi connectivity index (χ2v) is 13.8. The highest BCUT2D eigenvalue weighted by Gasteiger charge is 2.42. The maximum atomic E-state index is 14.2. The van der Waals surface area contributed by atoms with Crippen LogP contribution in [0, 0.1) is 28.6 Å². The third-order valence-corrected chi connectivity index (χ3v) is 9.73. The smallest absolute Gasteiger partial charge is 0.306 e. The zero-order chi connectivity index (χ0) is 36.6. The van der Waals surface area contributed by atoms with E-state index in [-0.39, 0.29) is 36.3 Å². The summed E-state index contributed by atoms with van der Waals surface area (Å²) in [6.45, 7) is 8.72. The van der Waals surface area contributed by atoms with Crippen LogP contribution in [0.15, 0.2) is 75.9 Å². The Labute approximate surface area is 301 Å². The molecule has 0 bridgehead atoms. The van der Waals surface area contributed by atoms with Gasteiger partial charge in [-0.1, -0.05) is 75.0 Å². The van der Waals surface area contributed by atoms with Crippen LogP contribution in [-0.2, 0) is 29.3 Å². The Morgan fingerprint density at radius 1 is 1.00 bits per heavy atom. The Bertz CT molecular complexity index is 1840. The van der Waals surface area contributed by atoms with Gasteiger partial charge < -0.3 is 14.7 Å². The maximum Gasteiger partial charge on any atom is 0.306 e. The number of imide groups is 1. The van der Waals surface area contributed by atoms with Gasteiger partial charge >= 0.3 is 11.9 Å². The third-order valence-electron chi connectivity index (χ3n) is 9.24. The number of anilines is 1.